The van der Waals surface area contributed by atoms with Crippen molar-refractivity contribution in [3.05, 3.63) is 99.9 Å². The highest BCUT2D eigenvalue weighted by Gasteiger charge is 2.16. The van der Waals surface area contributed by atoms with Crippen molar-refractivity contribution in [2.24, 2.45) is 0 Å². The number of esters is 1. The van der Waals surface area contributed by atoms with Crippen LogP contribution in [0.4, 0.5) is 10.7 Å². The van der Waals surface area contributed by atoms with Gasteiger partial charge in [0.25, 0.3) is 0 Å². The maximum atomic E-state index is 13.1. The lowest BCUT2D eigenvalue weighted by atomic mass is 10.1. The standard InChI is InChI=1S/C33H34N2O5S.C2H6/c1-22(2)39-30-21-27(15-12-25(30)11-6-23-7-13-26(34-37)14-8-23)40-33(36)29-18-10-24(20-31(29)38-5)9-16-28-17-19-32(41-28)35(3)4;1-2/h6-22,34,37H,1-5H3;1-2H3/p+1/b11-6+,16-9+;. The van der Waals surface area contributed by atoms with Crippen LogP contribution in [0.15, 0.2) is 72.8 Å². The molecule has 0 aliphatic heterocycles. The van der Waals surface area contributed by atoms with Crippen molar-refractivity contribution < 1.29 is 29.7 Å². The number of nitrogens with zero attached hydrogens (tertiary/aromatic N) is 1. The van der Waals surface area contributed by atoms with Crippen LogP contribution in [0.2, 0.25) is 0 Å². The molecule has 4 aromatic rings. The van der Waals surface area contributed by atoms with E-state index in [4.69, 9.17) is 19.4 Å². The second kappa shape index (κ2) is 16.3. The molecule has 1 aromatic heterocycles. The average Bonchev–Trinajstić information content (AvgIpc) is 3.50. The zero-order valence-electron chi connectivity index (χ0n) is 25.8. The number of ether oxygens (including phenoxy) is 3. The normalized spacial score (nSPS) is 11.0. The molecule has 4 rings (SSSR count). The molecule has 0 fully saturated rings. The highest BCUT2D eigenvalue weighted by Crippen LogP contribution is 2.30. The van der Waals surface area contributed by atoms with Crippen molar-refractivity contribution in [3.8, 4) is 17.2 Å². The van der Waals surface area contributed by atoms with Gasteiger partial charge in [-0.2, -0.15) is 5.48 Å². The molecule has 0 saturated carbocycles. The number of hydrogen-bond acceptors (Lipinski definition) is 7. The van der Waals surface area contributed by atoms with Gasteiger partial charge >= 0.3 is 5.97 Å². The number of methoxy groups -OCH3 is 1. The smallest absolute Gasteiger partial charge is 0.347 e. The van der Waals surface area contributed by atoms with Gasteiger partial charge < -0.3 is 19.1 Å². The molecule has 0 radical (unpaired) electrons. The van der Waals surface area contributed by atoms with Gasteiger partial charge in [-0.3, -0.25) is 0 Å². The third-order valence-corrected chi connectivity index (χ3v) is 7.26. The molecule has 8 heteroatoms. The first-order valence-electron chi connectivity index (χ1n) is 14.2. The number of benzene rings is 3. The number of quaternary nitrogens is 1. The molecule has 0 aliphatic rings. The van der Waals surface area contributed by atoms with E-state index in [1.807, 2.05) is 109 Å². The van der Waals surface area contributed by atoms with Crippen LogP contribution in [-0.4, -0.2) is 38.5 Å². The van der Waals surface area contributed by atoms with Crippen LogP contribution in [0.5, 0.6) is 17.2 Å². The molecule has 0 atom stereocenters. The monoisotopic (exact) mass is 601 g/mol. The van der Waals surface area contributed by atoms with Gasteiger partial charge in [0.05, 0.1) is 18.2 Å². The van der Waals surface area contributed by atoms with Gasteiger partial charge in [-0.1, -0.05) is 38.1 Å². The summed E-state index contributed by atoms with van der Waals surface area (Å²) in [5, 5.41) is 10.3. The van der Waals surface area contributed by atoms with Gasteiger partial charge in [-0.25, -0.2) is 10.0 Å². The zero-order valence-corrected chi connectivity index (χ0v) is 26.6. The summed E-state index contributed by atoms with van der Waals surface area (Å²) in [6.07, 6.45) is 7.85. The number of hydrogen-bond donors (Lipinski definition) is 2. The molecular weight excluding hydrogens is 560 g/mol. The fourth-order valence-corrected chi connectivity index (χ4v) is 4.78. The maximum absolute atomic E-state index is 13.1. The van der Waals surface area contributed by atoms with Crippen LogP contribution >= 0.6 is 11.3 Å². The van der Waals surface area contributed by atoms with Crippen LogP contribution in [0.1, 0.15) is 59.6 Å². The van der Waals surface area contributed by atoms with Crippen molar-refractivity contribution in [1.29, 1.82) is 0 Å². The first kappa shape index (κ1) is 33.1. The highest BCUT2D eigenvalue weighted by molar-refractivity contribution is 7.16. The Kier molecular flexibility index (Phi) is 12.6. The summed E-state index contributed by atoms with van der Waals surface area (Å²) in [4.78, 5) is 16.3. The summed E-state index contributed by atoms with van der Waals surface area (Å²) in [5.41, 5.74) is 4.85. The van der Waals surface area contributed by atoms with E-state index in [-0.39, 0.29) is 6.10 Å². The van der Waals surface area contributed by atoms with Crippen LogP contribution in [0.25, 0.3) is 24.3 Å². The van der Waals surface area contributed by atoms with Gasteiger partial charge in [0.15, 0.2) is 5.69 Å². The molecule has 0 amide bonds. The molecule has 0 saturated heterocycles. The molecule has 0 aliphatic carbocycles. The number of thiophene rings is 1. The second-order valence-corrected chi connectivity index (χ2v) is 10.8. The third kappa shape index (κ3) is 9.58. The van der Waals surface area contributed by atoms with E-state index in [1.165, 1.54) is 12.1 Å². The van der Waals surface area contributed by atoms with Crippen molar-refractivity contribution in [2.75, 3.05) is 26.1 Å². The Bertz CT molecular complexity index is 1540. The predicted octanol–water partition coefficient (Wildman–Crippen LogP) is 7.78. The summed E-state index contributed by atoms with van der Waals surface area (Å²) in [6.45, 7) is 7.88. The zero-order chi connectivity index (χ0) is 31.4. The molecule has 3 N–H and O–H groups in total. The Balaban J connectivity index is 0.00000248. The largest absolute Gasteiger partial charge is 0.496 e. The Labute approximate surface area is 258 Å². The van der Waals surface area contributed by atoms with Crippen molar-refractivity contribution in [3.63, 3.8) is 0 Å². The van der Waals surface area contributed by atoms with Crippen molar-refractivity contribution in [2.45, 2.75) is 33.8 Å². The third-order valence-electron chi connectivity index (χ3n) is 6.04. The Morgan fingerprint density at radius 3 is 2.19 bits per heavy atom. The van der Waals surface area contributed by atoms with E-state index >= 15 is 0 Å². The Morgan fingerprint density at radius 2 is 1.56 bits per heavy atom. The van der Waals surface area contributed by atoms with E-state index in [0.717, 1.165) is 32.7 Å². The highest BCUT2D eigenvalue weighted by atomic mass is 32.1. The van der Waals surface area contributed by atoms with Crippen LogP contribution in [-0.2, 0) is 0 Å². The van der Waals surface area contributed by atoms with Crippen LogP contribution in [0, 0.1) is 0 Å². The number of carbonyl (C=O) groups excluding carboxylic acids is 1. The van der Waals surface area contributed by atoms with E-state index in [1.54, 1.807) is 29.5 Å². The summed E-state index contributed by atoms with van der Waals surface area (Å²) >= 11 is 1.70. The lowest BCUT2D eigenvalue weighted by Crippen LogP contribution is -2.73. The molecular formula is C35H41N2O5S+. The fourth-order valence-electron chi connectivity index (χ4n) is 3.94. The van der Waals surface area contributed by atoms with E-state index in [0.29, 0.717) is 22.8 Å². The predicted molar refractivity (Wildman–Crippen MR) is 178 cm³/mol. The molecule has 0 unspecified atom stereocenters. The Hall–Kier alpha value is -4.37. The molecule has 0 bridgehead atoms. The van der Waals surface area contributed by atoms with Gasteiger partial charge in [0, 0.05) is 42.7 Å². The minimum absolute atomic E-state index is 0.0724. The minimum Gasteiger partial charge on any atom is -0.496 e. The van der Waals surface area contributed by atoms with Crippen molar-refractivity contribution in [1.82, 2.24) is 0 Å². The summed E-state index contributed by atoms with van der Waals surface area (Å²) in [5.74, 6) is 0.873. The lowest BCUT2D eigenvalue weighted by Gasteiger charge is -2.15. The van der Waals surface area contributed by atoms with Gasteiger partial charge in [0.1, 0.15) is 22.8 Å². The van der Waals surface area contributed by atoms with Gasteiger partial charge in [-0.05, 0) is 79.6 Å². The molecule has 7 nitrogen and oxygen atoms in total. The van der Waals surface area contributed by atoms with Gasteiger partial charge in [0.2, 0.25) is 0 Å². The first-order valence-corrected chi connectivity index (χ1v) is 15.0. The summed E-state index contributed by atoms with van der Waals surface area (Å²) in [6, 6.07) is 22.3. The fraction of sp³-hybridized carbons (Fsp3) is 0.229. The van der Waals surface area contributed by atoms with Gasteiger partial charge in [-0.15, -0.1) is 11.3 Å². The Morgan fingerprint density at radius 1 is 0.860 bits per heavy atom. The number of carbonyl (C=O) groups is 1. The number of anilines is 1. The molecule has 226 valence electrons. The van der Waals surface area contributed by atoms with Crippen LogP contribution in [0.3, 0.4) is 0 Å². The number of rotatable bonds is 11. The van der Waals surface area contributed by atoms with E-state index < -0.39 is 5.97 Å². The maximum Gasteiger partial charge on any atom is 0.347 e. The summed E-state index contributed by atoms with van der Waals surface area (Å²) in [7, 11) is 5.57. The van der Waals surface area contributed by atoms with E-state index in [9.17, 15) is 4.79 Å². The topological polar surface area (TPSA) is 84.8 Å². The van der Waals surface area contributed by atoms with E-state index in [2.05, 4.69) is 17.0 Å². The second-order valence-electron chi connectivity index (χ2n) is 9.75. The molecule has 0 spiro atoms. The van der Waals surface area contributed by atoms with Crippen LogP contribution < -0.4 is 24.6 Å². The molecule has 3 aromatic carbocycles. The summed E-state index contributed by atoms with van der Waals surface area (Å²) < 4.78 is 17.3. The lowest BCUT2D eigenvalue weighted by molar-refractivity contribution is -0.825. The molecule has 43 heavy (non-hydrogen) atoms. The molecule has 1 heterocycles. The quantitative estimate of drug-likeness (QED) is 0.0601. The average molecular weight is 602 g/mol. The SMILES string of the molecule is CC.COc1cc(/C=C/c2ccc(N(C)C)s2)ccc1C(=O)Oc1ccc(/C=C/c2ccc([NH2+]O)cc2)c(OC(C)C)c1. The number of nitrogens with two attached hydrogens (primary N) is 1. The first-order chi connectivity index (χ1) is 20.7. The van der Waals surface area contributed by atoms with Crippen molar-refractivity contribution >= 4 is 52.3 Å². The minimum atomic E-state index is -0.522.